The molecule has 0 amide bonds. The molecule has 0 radical (unpaired) electrons. The Bertz CT molecular complexity index is 1000. The number of hydrogen-bond donors (Lipinski definition) is 2. The van der Waals surface area contributed by atoms with E-state index in [4.69, 9.17) is 27.9 Å². The van der Waals surface area contributed by atoms with Crippen LogP contribution in [0, 0.1) is 10.1 Å². The van der Waals surface area contributed by atoms with Crippen LogP contribution >= 0.6 is 35.6 Å². The normalized spacial score (nSPS) is 10.3. The van der Waals surface area contributed by atoms with Gasteiger partial charge in [-0.25, -0.2) is 0 Å². The SMILES string of the molecule is Cl.O=[N+]([O-])c1ccc(NCCNCc2cccc(OCc3ccc(Cl)cc3Cl)c2)cc1. The minimum Gasteiger partial charge on any atom is -0.489 e. The highest BCUT2D eigenvalue weighted by atomic mass is 35.5. The lowest BCUT2D eigenvalue weighted by Gasteiger charge is -2.11. The van der Waals surface area contributed by atoms with E-state index in [9.17, 15) is 10.1 Å². The van der Waals surface area contributed by atoms with Crippen molar-refractivity contribution in [3.63, 3.8) is 0 Å². The summed E-state index contributed by atoms with van der Waals surface area (Å²) in [7, 11) is 0. The molecule has 0 aliphatic heterocycles. The first-order chi connectivity index (χ1) is 14.5. The highest BCUT2D eigenvalue weighted by Crippen LogP contribution is 2.23. The minimum atomic E-state index is -0.409. The number of benzene rings is 3. The zero-order chi connectivity index (χ0) is 21.3. The maximum absolute atomic E-state index is 10.7. The van der Waals surface area contributed by atoms with Crippen molar-refractivity contribution in [2.24, 2.45) is 0 Å². The van der Waals surface area contributed by atoms with Crippen molar-refractivity contribution in [2.45, 2.75) is 13.2 Å². The molecular formula is C22H22Cl3N3O3. The van der Waals surface area contributed by atoms with Crippen LogP contribution < -0.4 is 15.4 Å². The number of halogens is 3. The molecule has 3 aromatic carbocycles. The van der Waals surface area contributed by atoms with Crippen LogP contribution in [0.15, 0.2) is 66.7 Å². The topological polar surface area (TPSA) is 76.4 Å². The van der Waals surface area contributed by atoms with E-state index in [0.29, 0.717) is 29.7 Å². The first-order valence-corrected chi connectivity index (χ1v) is 10.1. The summed E-state index contributed by atoms with van der Waals surface area (Å²) >= 11 is 12.1. The van der Waals surface area contributed by atoms with Gasteiger partial charge in [0.15, 0.2) is 0 Å². The van der Waals surface area contributed by atoms with Gasteiger partial charge in [0.1, 0.15) is 12.4 Å². The van der Waals surface area contributed by atoms with Crippen molar-refractivity contribution in [1.82, 2.24) is 5.32 Å². The Morgan fingerprint density at radius 3 is 2.45 bits per heavy atom. The number of anilines is 1. The fourth-order valence-electron chi connectivity index (χ4n) is 2.77. The van der Waals surface area contributed by atoms with E-state index < -0.39 is 4.92 Å². The van der Waals surface area contributed by atoms with Crippen LogP contribution in [0.2, 0.25) is 10.0 Å². The second-order valence-electron chi connectivity index (χ2n) is 6.58. The summed E-state index contributed by atoms with van der Waals surface area (Å²) in [5.74, 6) is 0.768. The van der Waals surface area contributed by atoms with Gasteiger partial charge in [0.2, 0.25) is 0 Å². The van der Waals surface area contributed by atoms with Crippen molar-refractivity contribution in [2.75, 3.05) is 18.4 Å². The summed E-state index contributed by atoms with van der Waals surface area (Å²) in [5.41, 5.74) is 2.91. The summed E-state index contributed by atoms with van der Waals surface area (Å²) in [4.78, 5) is 10.3. The van der Waals surface area contributed by atoms with E-state index in [1.165, 1.54) is 12.1 Å². The van der Waals surface area contributed by atoms with Crippen LogP contribution in [-0.4, -0.2) is 18.0 Å². The zero-order valence-electron chi connectivity index (χ0n) is 16.5. The van der Waals surface area contributed by atoms with E-state index in [1.807, 2.05) is 30.3 Å². The Morgan fingerprint density at radius 2 is 1.74 bits per heavy atom. The number of nitro benzene ring substituents is 1. The average Bonchev–Trinajstić information content (AvgIpc) is 2.73. The first kappa shape index (κ1) is 24.8. The summed E-state index contributed by atoms with van der Waals surface area (Å²) in [5, 5.41) is 18.4. The molecule has 0 spiro atoms. The fourth-order valence-corrected chi connectivity index (χ4v) is 3.24. The summed E-state index contributed by atoms with van der Waals surface area (Å²) in [6.07, 6.45) is 0. The standard InChI is InChI=1S/C22H21Cl2N3O3.ClH/c23-18-5-4-17(22(24)13-18)15-30-21-3-1-2-16(12-21)14-25-10-11-26-19-6-8-20(9-7-19)27(28)29;/h1-9,12-13,25-26H,10-11,14-15H2;1H. The molecule has 31 heavy (non-hydrogen) atoms. The molecule has 0 fully saturated rings. The fraction of sp³-hybridized carbons (Fsp3) is 0.182. The van der Waals surface area contributed by atoms with Crippen LogP contribution in [-0.2, 0) is 13.2 Å². The van der Waals surface area contributed by atoms with Crippen LogP contribution in [0.4, 0.5) is 11.4 Å². The molecule has 3 rings (SSSR count). The Morgan fingerprint density at radius 1 is 0.968 bits per heavy atom. The van der Waals surface area contributed by atoms with E-state index in [2.05, 4.69) is 10.6 Å². The van der Waals surface area contributed by atoms with E-state index >= 15 is 0 Å². The number of rotatable bonds is 10. The van der Waals surface area contributed by atoms with Crippen molar-refractivity contribution in [3.05, 3.63) is 98.0 Å². The predicted octanol–water partition coefficient (Wildman–Crippen LogP) is 6.10. The number of hydrogen-bond acceptors (Lipinski definition) is 5. The highest BCUT2D eigenvalue weighted by molar-refractivity contribution is 6.35. The smallest absolute Gasteiger partial charge is 0.269 e. The predicted molar refractivity (Wildman–Crippen MR) is 128 cm³/mol. The molecule has 0 aromatic heterocycles. The minimum absolute atomic E-state index is 0. The Kier molecular flexibility index (Phi) is 9.88. The van der Waals surface area contributed by atoms with Crippen molar-refractivity contribution in [3.8, 4) is 5.75 Å². The third-order valence-corrected chi connectivity index (χ3v) is 4.93. The first-order valence-electron chi connectivity index (χ1n) is 9.36. The maximum Gasteiger partial charge on any atom is 0.269 e. The highest BCUT2D eigenvalue weighted by Gasteiger charge is 2.04. The van der Waals surface area contributed by atoms with Crippen LogP contribution in [0.5, 0.6) is 5.75 Å². The van der Waals surface area contributed by atoms with Gasteiger partial charge < -0.3 is 15.4 Å². The largest absolute Gasteiger partial charge is 0.489 e. The number of nitrogens with zero attached hydrogens (tertiary/aromatic N) is 1. The van der Waals surface area contributed by atoms with Crippen LogP contribution in [0.1, 0.15) is 11.1 Å². The Labute approximate surface area is 197 Å². The molecule has 9 heteroatoms. The van der Waals surface area contributed by atoms with Gasteiger partial charge >= 0.3 is 0 Å². The van der Waals surface area contributed by atoms with Crippen LogP contribution in [0.25, 0.3) is 0 Å². The Hall–Kier alpha value is -2.51. The van der Waals surface area contributed by atoms with Crippen molar-refractivity contribution >= 4 is 47.0 Å². The van der Waals surface area contributed by atoms with Crippen LogP contribution in [0.3, 0.4) is 0 Å². The number of nitrogens with one attached hydrogen (secondary N) is 2. The third kappa shape index (κ3) is 7.92. The molecular weight excluding hydrogens is 461 g/mol. The summed E-state index contributed by atoms with van der Waals surface area (Å²) in [6, 6.07) is 19.6. The van der Waals surface area contributed by atoms with E-state index in [1.54, 1.807) is 24.3 Å². The quantitative estimate of drug-likeness (QED) is 0.207. The molecule has 2 N–H and O–H groups in total. The summed E-state index contributed by atoms with van der Waals surface area (Å²) in [6.45, 7) is 2.50. The maximum atomic E-state index is 10.7. The monoisotopic (exact) mass is 481 g/mol. The van der Waals surface area contributed by atoms with Gasteiger partial charge in [-0.1, -0.05) is 41.4 Å². The van der Waals surface area contributed by atoms with Gasteiger partial charge in [-0.2, -0.15) is 0 Å². The third-order valence-electron chi connectivity index (χ3n) is 4.35. The van der Waals surface area contributed by atoms with Gasteiger partial charge in [-0.3, -0.25) is 10.1 Å². The second-order valence-corrected chi connectivity index (χ2v) is 7.42. The molecule has 0 atom stereocenters. The molecule has 6 nitrogen and oxygen atoms in total. The van der Waals surface area contributed by atoms with Crippen molar-refractivity contribution in [1.29, 1.82) is 0 Å². The van der Waals surface area contributed by atoms with Gasteiger partial charge in [-0.15, -0.1) is 12.4 Å². The number of ether oxygens (including phenoxy) is 1. The molecule has 0 heterocycles. The lowest BCUT2D eigenvalue weighted by atomic mass is 10.2. The van der Waals surface area contributed by atoms with Crippen molar-refractivity contribution < 1.29 is 9.66 Å². The lowest BCUT2D eigenvalue weighted by Crippen LogP contribution is -2.21. The Balaban J connectivity index is 0.00000341. The number of nitro groups is 1. The van der Waals surface area contributed by atoms with Gasteiger partial charge in [0.05, 0.1) is 4.92 Å². The molecule has 0 aliphatic rings. The zero-order valence-corrected chi connectivity index (χ0v) is 18.8. The molecule has 0 bridgehead atoms. The van der Waals surface area contributed by atoms with Gasteiger partial charge in [0, 0.05) is 53.1 Å². The second kappa shape index (κ2) is 12.4. The lowest BCUT2D eigenvalue weighted by molar-refractivity contribution is -0.384. The summed E-state index contributed by atoms with van der Waals surface area (Å²) < 4.78 is 5.85. The number of non-ortho nitro benzene ring substituents is 1. The molecule has 164 valence electrons. The molecule has 0 aliphatic carbocycles. The molecule has 0 unspecified atom stereocenters. The average molecular weight is 483 g/mol. The van der Waals surface area contributed by atoms with Gasteiger partial charge in [-0.05, 0) is 42.0 Å². The van der Waals surface area contributed by atoms with E-state index in [-0.39, 0.29) is 18.1 Å². The van der Waals surface area contributed by atoms with Gasteiger partial charge in [0.25, 0.3) is 5.69 Å². The molecule has 0 saturated heterocycles. The molecule has 0 saturated carbocycles. The molecule has 3 aromatic rings. The van der Waals surface area contributed by atoms with E-state index in [0.717, 1.165) is 29.1 Å².